The molecule has 0 saturated heterocycles. The van der Waals surface area contributed by atoms with Gasteiger partial charge in [-0.1, -0.05) is 54.6 Å². The Hall–Kier alpha value is -2.83. The van der Waals surface area contributed by atoms with Crippen LogP contribution in [-0.2, 0) is 10.0 Å². The zero-order chi connectivity index (χ0) is 20.1. The molecule has 146 valence electrons. The average molecular weight is 397 g/mol. The number of sulfonamides is 1. The first-order valence-electron chi connectivity index (χ1n) is 8.84. The maximum Gasteiger partial charge on any atom is 0.241 e. The third-order valence-corrected chi connectivity index (χ3v) is 6.05. The van der Waals surface area contributed by atoms with Gasteiger partial charge in [-0.15, -0.1) is 0 Å². The number of hydrogen-bond donors (Lipinski definition) is 1. The van der Waals surface area contributed by atoms with Crippen molar-refractivity contribution in [2.75, 3.05) is 14.2 Å². The van der Waals surface area contributed by atoms with Gasteiger partial charge < -0.3 is 9.47 Å². The highest BCUT2D eigenvalue weighted by atomic mass is 32.2. The Kier molecular flexibility index (Phi) is 6.02. The Bertz CT molecular complexity index is 1030. The monoisotopic (exact) mass is 397 g/mol. The quantitative estimate of drug-likeness (QED) is 0.641. The van der Waals surface area contributed by atoms with Crippen LogP contribution in [0.2, 0.25) is 0 Å². The second kappa shape index (κ2) is 8.46. The normalized spacial score (nSPS) is 12.4. The first-order chi connectivity index (χ1) is 13.4. The lowest BCUT2D eigenvalue weighted by Crippen LogP contribution is -2.26. The van der Waals surface area contributed by atoms with Gasteiger partial charge in [0.25, 0.3) is 0 Å². The first kappa shape index (κ1) is 19.9. The SMILES string of the molecule is COc1ccc(S(=O)(=O)N[C@H](C)c2ccc(-c3ccccc3)cc2)cc1OC. The summed E-state index contributed by atoms with van der Waals surface area (Å²) in [6.45, 7) is 1.82. The Morgan fingerprint density at radius 2 is 1.39 bits per heavy atom. The summed E-state index contributed by atoms with van der Waals surface area (Å²) in [5.41, 5.74) is 3.08. The van der Waals surface area contributed by atoms with Crippen LogP contribution in [0.5, 0.6) is 11.5 Å². The van der Waals surface area contributed by atoms with E-state index in [1.165, 1.54) is 26.4 Å². The molecule has 0 bridgehead atoms. The summed E-state index contributed by atoms with van der Waals surface area (Å²) >= 11 is 0. The van der Waals surface area contributed by atoms with Crippen molar-refractivity contribution in [3.8, 4) is 22.6 Å². The molecule has 6 heteroatoms. The lowest BCUT2D eigenvalue weighted by atomic mass is 10.0. The third-order valence-electron chi connectivity index (χ3n) is 4.52. The minimum absolute atomic E-state index is 0.123. The molecule has 0 spiro atoms. The molecule has 3 aromatic rings. The lowest BCUT2D eigenvalue weighted by molar-refractivity contribution is 0.354. The topological polar surface area (TPSA) is 64.6 Å². The van der Waals surface area contributed by atoms with Crippen molar-refractivity contribution < 1.29 is 17.9 Å². The maximum absolute atomic E-state index is 12.8. The van der Waals surface area contributed by atoms with Crippen LogP contribution in [0.25, 0.3) is 11.1 Å². The standard InChI is InChI=1S/C22H23NO4S/c1-16(17-9-11-19(12-10-17)18-7-5-4-6-8-18)23-28(24,25)20-13-14-21(26-2)22(15-20)27-3/h4-16,23H,1-3H3/t16-/m1/s1. The molecular formula is C22H23NO4S. The Labute approximate surface area is 166 Å². The van der Waals surface area contributed by atoms with Gasteiger partial charge >= 0.3 is 0 Å². The van der Waals surface area contributed by atoms with E-state index in [0.717, 1.165) is 16.7 Å². The van der Waals surface area contributed by atoms with Crippen LogP contribution in [0.3, 0.4) is 0 Å². The fourth-order valence-electron chi connectivity index (χ4n) is 2.95. The molecule has 0 aliphatic heterocycles. The van der Waals surface area contributed by atoms with Crippen LogP contribution in [0.15, 0.2) is 77.7 Å². The van der Waals surface area contributed by atoms with E-state index < -0.39 is 10.0 Å². The van der Waals surface area contributed by atoms with Crippen LogP contribution >= 0.6 is 0 Å². The second-order valence-electron chi connectivity index (χ2n) is 6.35. The van der Waals surface area contributed by atoms with E-state index in [4.69, 9.17) is 9.47 Å². The van der Waals surface area contributed by atoms with Gasteiger partial charge in [-0.25, -0.2) is 13.1 Å². The van der Waals surface area contributed by atoms with Crippen LogP contribution in [0.4, 0.5) is 0 Å². The molecule has 1 atom stereocenters. The highest BCUT2D eigenvalue weighted by molar-refractivity contribution is 7.89. The Balaban J connectivity index is 1.79. The van der Waals surface area contributed by atoms with Gasteiger partial charge in [0.15, 0.2) is 11.5 Å². The van der Waals surface area contributed by atoms with Gasteiger partial charge in [0, 0.05) is 12.1 Å². The van der Waals surface area contributed by atoms with E-state index in [1.54, 1.807) is 6.07 Å². The van der Waals surface area contributed by atoms with Gasteiger partial charge in [0.2, 0.25) is 10.0 Å². The van der Waals surface area contributed by atoms with Crippen molar-refractivity contribution in [2.24, 2.45) is 0 Å². The Morgan fingerprint density at radius 1 is 0.786 bits per heavy atom. The molecular weight excluding hydrogens is 374 g/mol. The molecule has 0 aliphatic carbocycles. The van der Waals surface area contributed by atoms with Crippen LogP contribution in [0.1, 0.15) is 18.5 Å². The summed E-state index contributed by atoms with van der Waals surface area (Å²) in [6.07, 6.45) is 0. The first-order valence-corrected chi connectivity index (χ1v) is 10.3. The van der Waals surface area contributed by atoms with E-state index in [2.05, 4.69) is 4.72 Å². The summed E-state index contributed by atoms with van der Waals surface area (Å²) in [6, 6.07) is 22.0. The van der Waals surface area contributed by atoms with Crippen molar-refractivity contribution >= 4 is 10.0 Å². The van der Waals surface area contributed by atoms with E-state index in [1.807, 2.05) is 61.5 Å². The van der Waals surface area contributed by atoms with Crippen molar-refractivity contribution in [1.29, 1.82) is 0 Å². The summed E-state index contributed by atoms with van der Waals surface area (Å²) in [7, 11) is -0.737. The smallest absolute Gasteiger partial charge is 0.241 e. The van der Waals surface area contributed by atoms with Gasteiger partial charge in [-0.3, -0.25) is 0 Å². The van der Waals surface area contributed by atoms with Gasteiger partial charge in [-0.05, 0) is 35.7 Å². The predicted octanol–water partition coefficient (Wildman–Crippen LogP) is 4.41. The molecule has 0 fully saturated rings. The molecule has 0 aromatic heterocycles. The molecule has 0 heterocycles. The largest absolute Gasteiger partial charge is 0.493 e. The van der Waals surface area contributed by atoms with E-state index >= 15 is 0 Å². The lowest BCUT2D eigenvalue weighted by Gasteiger charge is -2.16. The van der Waals surface area contributed by atoms with E-state index in [9.17, 15) is 8.42 Å². The average Bonchev–Trinajstić information content (AvgIpc) is 2.73. The van der Waals surface area contributed by atoms with Crippen LogP contribution < -0.4 is 14.2 Å². The van der Waals surface area contributed by atoms with Gasteiger partial charge in [-0.2, -0.15) is 0 Å². The van der Waals surface area contributed by atoms with Crippen LogP contribution in [-0.4, -0.2) is 22.6 Å². The summed E-state index contributed by atoms with van der Waals surface area (Å²) in [5, 5.41) is 0. The summed E-state index contributed by atoms with van der Waals surface area (Å²) in [5.74, 6) is 0.844. The number of hydrogen-bond acceptors (Lipinski definition) is 4. The molecule has 0 saturated carbocycles. The van der Waals surface area contributed by atoms with Crippen molar-refractivity contribution in [3.63, 3.8) is 0 Å². The zero-order valence-electron chi connectivity index (χ0n) is 16.0. The maximum atomic E-state index is 12.8. The highest BCUT2D eigenvalue weighted by Crippen LogP contribution is 2.30. The molecule has 5 nitrogen and oxygen atoms in total. The Morgan fingerprint density at radius 3 is 2.00 bits per heavy atom. The summed E-state index contributed by atoms with van der Waals surface area (Å²) < 4.78 is 38.6. The second-order valence-corrected chi connectivity index (χ2v) is 8.06. The van der Waals surface area contributed by atoms with Gasteiger partial charge in [0.05, 0.1) is 19.1 Å². The molecule has 1 N–H and O–H groups in total. The number of benzene rings is 3. The van der Waals surface area contributed by atoms with Crippen LogP contribution in [0, 0.1) is 0 Å². The zero-order valence-corrected chi connectivity index (χ0v) is 16.9. The number of rotatable bonds is 7. The third kappa shape index (κ3) is 4.35. The number of nitrogens with one attached hydrogen (secondary N) is 1. The molecule has 0 radical (unpaired) electrons. The van der Waals surface area contributed by atoms with Gasteiger partial charge in [0.1, 0.15) is 0 Å². The van der Waals surface area contributed by atoms with E-state index in [0.29, 0.717) is 11.5 Å². The molecule has 28 heavy (non-hydrogen) atoms. The van der Waals surface area contributed by atoms with Crippen molar-refractivity contribution in [2.45, 2.75) is 17.9 Å². The molecule has 0 unspecified atom stereocenters. The minimum Gasteiger partial charge on any atom is -0.493 e. The molecule has 3 rings (SSSR count). The van der Waals surface area contributed by atoms with Crippen molar-refractivity contribution in [1.82, 2.24) is 4.72 Å². The van der Waals surface area contributed by atoms with Crippen molar-refractivity contribution in [3.05, 3.63) is 78.4 Å². The number of ether oxygens (including phenoxy) is 2. The molecule has 0 aliphatic rings. The summed E-state index contributed by atoms with van der Waals surface area (Å²) in [4.78, 5) is 0.123. The fraction of sp³-hybridized carbons (Fsp3) is 0.182. The molecule has 0 amide bonds. The van der Waals surface area contributed by atoms with E-state index in [-0.39, 0.29) is 10.9 Å². The molecule has 3 aromatic carbocycles. The fourth-order valence-corrected chi connectivity index (χ4v) is 4.19. The number of methoxy groups -OCH3 is 2. The predicted molar refractivity (Wildman–Crippen MR) is 110 cm³/mol. The minimum atomic E-state index is -3.71. The highest BCUT2D eigenvalue weighted by Gasteiger charge is 2.20.